The number of nitrogens with zero attached hydrogens (tertiary/aromatic N) is 12. The maximum Gasteiger partial charge on any atom is 0.406 e. The maximum atomic E-state index is 14.5. The van der Waals surface area contributed by atoms with E-state index in [1.807, 2.05) is 149 Å². The molecule has 3 aliphatic rings. The van der Waals surface area contributed by atoms with Crippen LogP contribution in [-0.4, -0.2) is 178 Å². The Kier molecular flexibility index (Phi) is 53.3. The Morgan fingerprint density at radius 1 is 0.609 bits per heavy atom. The van der Waals surface area contributed by atoms with Crippen LogP contribution in [-0.2, 0) is 41.0 Å². The minimum absolute atomic E-state index is 0. The predicted octanol–water partition coefficient (Wildman–Crippen LogP) is 20.0. The van der Waals surface area contributed by atoms with Gasteiger partial charge >= 0.3 is 244 Å². The van der Waals surface area contributed by atoms with Gasteiger partial charge < -0.3 is 29.3 Å². The number of halogens is 11. The van der Waals surface area contributed by atoms with E-state index in [9.17, 15) is 44.7 Å². The zero-order chi connectivity index (χ0) is 97.5. The Labute approximate surface area is 897 Å². The van der Waals surface area contributed by atoms with Crippen LogP contribution in [0, 0.1) is 65.6 Å². The first-order valence-electron chi connectivity index (χ1n) is 42.8. The topological polar surface area (TPSA) is 263 Å². The molecule has 3 unspecified atom stereocenters. The van der Waals surface area contributed by atoms with E-state index < -0.39 is 87.6 Å². The number of azide groups is 1. The Morgan fingerprint density at radius 3 is 1.37 bits per heavy atom. The maximum absolute atomic E-state index is 14.5. The summed E-state index contributed by atoms with van der Waals surface area (Å²) in [6, 6.07) is 53.1. The smallest absolute Gasteiger partial charge is 0.303 e. The molecule has 0 saturated carbocycles. The number of amides is 2. The number of aryl methyl sites for hydroxylation is 4. The van der Waals surface area contributed by atoms with Crippen LogP contribution in [0.1, 0.15) is 145 Å². The fraction of sp³-hybridized carbons (Fsp3) is 0.333. The molecule has 3 atom stereocenters. The molecule has 11 aromatic rings. The van der Waals surface area contributed by atoms with Gasteiger partial charge in [0.25, 0.3) is 5.91 Å². The molecular weight excluding hydrogens is 2170 g/mol. The van der Waals surface area contributed by atoms with Gasteiger partial charge in [0.05, 0.1) is 28.8 Å². The molecule has 14 rings (SSSR count). The summed E-state index contributed by atoms with van der Waals surface area (Å²) in [5, 5.41) is 19.9. The fourth-order valence-electron chi connectivity index (χ4n) is 13.8. The molecule has 20 nitrogen and oxygen atoms in total. The van der Waals surface area contributed by atoms with Crippen LogP contribution in [0.4, 0.5) is 46.5 Å². The van der Waals surface area contributed by atoms with Crippen molar-refractivity contribution in [1.29, 1.82) is 0 Å². The van der Waals surface area contributed by atoms with Crippen LogP contribution in [0.2, 0.25) is 13.3 Å². The van der Waals surface area contributed by atoms with E-state index in [2.05, 4.69) is 194 Å². The molecule has 1 fully saturated rings. The number of pyridine rings is 4. The minimum atomic E-state index is -4.66. The number of anilines is 2. The van der Waals surface area contributed by atoms with Crippen molar-refractivity contribution in [3.63, 3.8) is 0 Å². The first-order valence-corrected chi connectivity index (χ1v) is 70.0. The second kappa shape index (κ2) is 59.7. The summed E-state index contributed by atoms with van der Waals surface area (Å²) in [5.41, 5.74) is 21.6. The fourth-order valence-corrected chi connectivity index (χ4v) is 26.9. The number of benzene rings is 6. The van der Waals surface area contributed by atoms with Crippen LogP contribution in [0.5, 0.6) is 0 Å². The third-order valence-corrected chi connectivity index (χ3v) is 36.2. The quantitative estimate of drug-likeness (QED) is 0.00696. The standard InChI is InChI=1S/C26H21F4N5O.C14H11N.C12H18BNO2.C12H10BrN.C12H10F4N4O.C6H4BrI.3C4H9.C2H.3K.HO4P.Sn/c1-16-13-19(11-12-31-16)17-5-7-18(8-6-17)22-14-35(33-32-22)24-10-9-20-21(27)3-2-4-23(20)34(25(24)36)15-26(28,29)30;1-3-12-4-6-13(7-5-12)14-8-9-15-11(2)10-14;1-9-8-10(6-7-14-9)13-15-11(2,3)12(4,5)16-13;1-9-8-11(6-7-14-9)10-2-4-12(13)5-3-10;13-8-2-1-3-10-7(8)4-5-9(18-19-17)11(21)20(10)6-12(14,15)16;7-5-1-3-6(8)4-2-5;3*1-3-4-2;1-2;;;;1-4-5(2)3;/h2-8,11-14,24H,9-10,15H2,1H3;1,4-10H,2H3;6-8H,1-5H3;2-8H,1H3;1-3,9H,4-6H2;1-4H;3*1,3-4H2,2H3;1H;;;;1H;/q;;;;;;;;;;;;+1;;/p-1. The SMILES string of the molecule is Brc1ccc(I)cc1.C#Cc1ccc(-c2ccnc(C)c2)cc1.C#[C][Sn]([CH2]CCC)([CH2]CCC)[CH2]CCC.Cc1cc(-c2ccc(-c3cn(C4CCc5c(F)cccc5N(CC(F)(F)F)C4=O)nn3)cc2)ccn1.Cc1cc(-c2ccc(Br)cc2)ccn1.Cc1cc(B2OC(C)(C)C(C)(C)O2)ccn1.O=[P+]([O-])O[O-].[K+].[K][K].[N-]=[N+]=NC1CCc2c(F)cccc2N(CC(F)(F)F)C1=O. The molecular formula is C96H102BBr2F8IK3N12O8PSn. The average molecular weight is 2270 g/mol. The third kappa shape index (κ3) is 39.7. The van der Waals surface area contributed by atoms with Gasteiger partial charge in [0.1, 0.15) is 42.5 Å². The van der Waals surface area contributed by atoms with Crippen molar-refractivity contribution in [2.24, 2.45) is 5.11 Å². The van der Waals surface area contributed by atoms with Crippen molar-refractivity contribution in [1.82, 2.24) is 34.9 Å². The van der Waals surface area contributed by atoms with Gasteiger partial charge in [-0.15, -0.1) is 11.5 Å². The predicted molar refractivity (Wildman–Crippen MR) is 522 cm³/mol. The van der Waals surface area contributed by atoms with Crippen LogP contribution in [0.3, 0.4) is 0 Å². The van der Waals surface area contributed by atoms with Gasteiger partial charge in [0, 0.05) is 87.2 Å². The van der Waals surface area contributed by atoms with Gasteiger partial charge in [0.2, 0.25) is 5.91 Å². The van der Waals surface area contributed by atoms with Crippen LogP contribution < -0.4 is 76.8 Å². The van der Waals surface area contributed by atoms with Crippen LogP contribution >= 0.6 is 62.7 Å². The summed E-state index contributed by atoms with van der Waals surface area (Å²) in [6.45, 7) is 19.9. The van der Waals surface area contributed by atoms with Crippen molar-refractivity contribution < 1.29 is 125 Å². The van der Waals surface area contributed by atoms with Crippen molar-refractivity contribution in [3.8, 4) is 67.3 Å². The van der Waals surface area contributed by atoms with E-state index in [1.165, 1.54) is 182 Å². The molecule has 6 aromatic carbocycles. The van der Waals surface area contributed by atoms with E-state index in [0.717, 1.165) is 65.5 Å². The molecule has 0 N–H and O–H groups in total. The van der Waals surface area contributed by atoms with Crippen molar-refractivity contribution in [2.45, 2.75) is 189 Å². The Hall–Kier alpha value is -4.77. The summed E-state index contributed by atoms with van der Waals surface area (Å²) in [7, 11) is -3.44. The first kappa shape index (κ1) is 119. The molecule has 3 aliphatic heterocycles. The molecule has 0 radical (unpaired) electrons. The number of carbonyl (C=O) groups excluding carboxylic acids is 2. The number of hydrogen-bond donors (Lipinski definition) is 0. The second-order valence-electron chi connectivity index (χ2n) is 31.6. The number of aromatic nitrogens is 7. The molecule has 8 heterocycles. The van der Waals surface area contributed by atoms with Gasteiger partial charge in [-0.3, -0.25) is 29.5 Å². The van der Waals surface area contributed by atoms with Crippen LogP contribution in [0.15, 0.2) is 227 Å². The number of unbranched alkanes of at least 4 members (excludes halogenated alkanes) is 3. The molecule has 133 heavy (non-hydrogen) atoms. The summed E-state index contributed by atoms with van der Waals surface area (Å²) in [4.78, 5) is 54.5. The van der Waals surface area contributed by atoms with E-state index in [4.69, 9.17) is 42.4 Å². The number of rotatable bonds is 19. The Bertz CT molecular complexity index is 5620. The van der Waals surface area contributed by atoms with Crippen molar-refractivity contribution in [2.75, 3.05) is 22.9 Å². The second-order valence-corrected chi connectivity index (χ2v) is 47.7. The van der Waals surface area contributed by atoms with Gasteiger partial charge in [0.15, 0.2) is 0 Å². The molecule has 37 heteroatoms. The Morgan fingerprint density at radius 2 is 0.992 bits per heavy atom. The van der Waals surface area contributed by atoms with E-state index in [1.54, 1.807) is 12.4 Å². The van der Waals surface area contributed by atoms with Crippen LogP contribution in [0.25, 0.3) is 55.1 Å². The monoisotopic (exact) mass is 2270 g/mol. The number of hydrogen-bond acceptors (Lipinski definition) is 15. The average Bonchev–Trinajstić information content (AvgIpc) is 1.63. The van der Waals surface area contributed by atoms with Crippen molar-refractivity contribution >= 4 is 180 Å². The normalized spacial score (nSPS) is 14.5. The van der Waals surface area contributed by atoms with E-state index in [0.29, 0.717) is 15.5 Å². The molecule has 0 spiro atoms. The summed E-state index contributed by atoms with van der Waals surface area (Å²) >= 11 is 9.45. The molecule has 0 aliphatic carbocycles. The molecule has 5 aromatic heterocycles. The number of terminal acetylenes is 2. The minimum Gasteiger partial charge on any atom is -0.303 e. The molecule has 686 valence electrons. The van der Waals surface area contributed by atoms with Gasteiger partial charge in [-0.1, -0.05) is 109 Å². The number of alkyl halides is 6. The summed E-state index contributed by atoms with van der Waals surface area (Å²) in [6.07, 6.45) is 18.8. The van der Waals surface area contributed by atoms with Gasteiger partial charge in [-0.25, -0.2) is 18.1 Å². The van der Waals surface area contributed by atoms with Crippen molar-refractivity contribution in [3.05, 3.63) is 287 Å². The van der Waals surface area contributed by atoms with E-state index >= 15 is 0 Å². The zero-order valence-corrected chi connectivity index (χ0v) is 95.4. The summed E-state index contributed by atoms with van der Waals surface area (Å²) < 4.78 is 142. The third-order valence-electron chi connectivity index (χ3n) is 21.3. The Balaban J connectivity index is 0.000000283. The van der Waals surface area contributed by atoms with E-state index in [-0.39, 0.29) is 118 Å². The zero-order valence-electron chi connectivity index (χ0n) is 76.9. The van der Waals surface area contributed by atoms with Gasteiger partial charge in [-0.05, 0) is 274 Å². The molecule has 1 saturated heterocycles. The molecule has 2 amide bonds. The van der Waals surface area contributed by atoms with Gasteiger partial charge in [-0.2, -0.15) is 26.3 Å². The number of carbonyl (C=O) groups is 2. The summed E-state index contributed by atoms with van der Waals surface area (Å²) in [5.74, 6) is -0.509. The number of fused-ring (bicyclic) bond motifs is 2. The largest absolute Gasteiger partial charge is 0.406 e. The first-order chi connectivity index (χ1) is 62.7. The molecule has 0 bridgehead atoms.